The van der Waals surface area contributed by atoms with Crippen LogP contribution in [0.1, 0.15) is 6.92 Å². The normalized spacial score (nSPS) is 11.3. The first-order chi connectivity index (χ1) is 8.95. The summed E-state index contributed by atoms with van der Waals surface area (Å²) in [7, 11) is -1.98. The number of hydrogen-bond acceptors (Lipinski definition) is 4. The van der Waals surface area contributed by atoms with E-state index in [1.807, 2.05) is 6.92 Å². The lowest BCUT2D eigenvalue weighted by Gasteiger charge is -2.08. The molecule has 0 saturated heterocycles. The Morgan fingerprint density at radius 2 is 1.95 bits per heavy atom. The van der Waals surface area contributed by atoms with Gasteiger partial charge in [-0.25, -0.2) is 13.1 Å². The van der Waals surface area contributed by atoms with Gasteiger partial charge in [-0.1, -0.05) is 12.2 Å². The van der Waals surface area contributed by atoms with Gasteiger partial charge in [0.15, 0.2) is 0 Å². The SMILES string of the molecule is C=C(C)COCCNc1ccc(S(=O)(=O)NC)cc1. The molecule has 0 atom stereocenters. The maximum atomic E-state index is 11.5. The Bertz CT molecular complexity index is 509. The second-order valence-corrected chi connectivity index (χ2v) is 6.05. The van der Waals surface area contributed by atoms with Crippen LogP contribution >= 0.6 is 0 Å². The fraction of sp³-hybridized carbons (Fsp3) is 0.385. The van der Waals surface area contributed by atoms with E-state index in [2.05, 4.69) is 16.6 Å². The molecule has 1 aromatic rings. The van der Waals surface area contributed by atoms with Crippen molar-refractivity contribution in [2.45, 2.75) is 11.8 Å². The van der Waals surface area contributed by atoms with Gasteiger partial charge in [-0.2, -0.15) is 0 Å². The van der Waals surface area contributed by atoms with Crippen LogP contribution in [0.2, 0.25) is 0 Å². The van der Waals surface area contributed by atoms with Crippen LogP contribution in [0.25, 0.3) is 0 Å². The molecule has 0 aliphatic carbocycles. The van der Waals surface area contributed by atoms with Crippen LogP contribution in [0.4, 0.5) is 5.69 Å². The van der Waals surface area contributed by atoms with E-state index < -0.39 is 10.0 Å². The minimum Gasteiger partial charge on any atom is -0.383 e. The van der Waals surface area contributed by atoms with Crippen LogP contribution in [0.3, 0.4) is 0 Å². The summed E-state index contributed by atoms with van der Waals surface area (Å²) in [6, 6.07) is 6.57. The summed E-state index contributed by atoms with van der Waals surface area (Å²) in [5, 5.41) is 3.15. The lowest BCUT2D eigenvalue weighted by Crippen LogP contribution is -2.18. The summed E-state index contributed by atoms with van der Waals surface area (Å²) in [6.45, 7) is 7.44. The smallest absolute Gasteiger partial charge is 0.240 e. The zero-order valence-corrected chi connectivity index (χ0v) is 12.1. The quantitative estimate of drug-likeness (QED) is 0.562. The largest absolute Gasteiger partial charge is 0.383 e. The minimum atomic E-state index is -3.37. The van der Waals surface area contributed by atoms with Crippen LogP contribution in [0.5, 0.6) is 0 Å². The van der Waals surface area contributed by atoms with Gasteiger partial charge in [-0.05, 0) is 38.2 Å². The summed E-state index contributed by atoms with van der Waals surface area (Å²) in [5.41, 5.74) is 1.84. The summed E-state index contributed by atoms with van der Waals surface area (Å²) < 4.78 is 30.6. The van der Waals surface area contributed by atoms with Gasteiger partial charge in [0.25, 0.3) is 0 Å². The molecule has 2 N–H and O–H groups in total. The van der Waals surface area contributed by atoms with E-state index in [0.29, 0.717) is 19.8 Å². The molecule has 5 nitrogen and oxygen atoms in total. The van der Waals surface area contributed by atoms with Crippen molar-refractivity contribution >= 4 is 15.7 Å². The van der Waals surface area contributed by atoms with E-state index in [0.717, 1.165) is 11.3 Å². The number of rotatable bonds is 8. The zero-order valence-electron chi connectivity index (χ0n) is 11.3. The number of ether oxygens (including phenoxy) is 1. The monoisotopic (exact) mass is 284 g/mol. The lowest BCUT2D eigenvalue weighted by atomic mass is 10.3. The minimum absolute atomic E-state index is 0.249. The first-order valence-electron chi connectivity index (χ1n) is 5.95. The van der Waals surface area contributed by atoms with Crippen molar-refractivity contribution in [3.05, 3.63) is 36.4 Å². The predicted molar refractivity (Wildman–Crippen MR) is 76.8 cm³/mol. The van der Waals surface area contributed by atoms with Crippen molar-refractivity contribution in [2.24, 2.45) is 0 Å². The molecular weight excluding hydrogens is 264 g/mol. The number of sulfonamides is 1. The highest BCUT2D eigenvalue weighted by atomic mass is 32.2. The highest BCUT2D eigenvalue weighted by Crippen LogP contribution is 2.13. The van der Waals surface area contributed by atoms with E-state index in [-0.39, 0.29) is 4.90 Å². The summed E-state index contributed by atoms with van der Waals surface area (Å²) in [6.07, 6.45) is 0. The molecule has 1 rings (SSSR count). The molecule has 0 saturated carbocycles. The molecule has 1 aromatic carbocycles. The van der Waals surface area contributed by atoms with Gasteiger partial charge in [0, 0.05) is 12.2 Å². The summed E-state index contributed by atoms with van der Waals surface area (Å²) >= 11 is 0. The van der Waals surface area contributed by atoms with Crippen LogP contribution in [0, 0.1) is 0 Å². The van der Waals surface area contributed by atoms with Crippen molar-refractivity contribution in [1.29, 1.82) is 0 Å². The first kappa shape index (κ1) is 15.7. The second kappa shape index (κ2) is 7.28. The van der Waals surface area contributed by atoms with Gasteiger partial charge >= 0.3 is 0 Å². The molecule has 106 valence electrons. The van der Waals surface area contributed by atoms with Gasteiger partial charge in [0.2, 0.25) is 10.0 Å². The van der Waals surface area contributed by atoms with Crippen molar-refractivity contribution in [2.75, 3.05) is 32.1 Å². The average molecular weight is 284 g/mol. The fourth-order valence-electron chi connectivity index (χ4n) is 1.38. The van der Waals surface area contributed by atoms with Crippen LogP contribution in [0.15, 0.2) is 41.3 Å². The molecule has 0 radical (unpaired) electrons. The first-order valence-corrected chi connectivity index (χ1v) is 7.43. The molecule has 0 aliphatic heterocycles. The van der Waals surface area contributed by atoms with Crippen molar-refractivity contribution in [1.82, 2.24) is 4.72 Å². The number of benzene rings is 1. The maximum Gasteiger partial charge on any atom is 0.240 e. The molecule has 0 amide bonds. The van der Waals surface area contributed by atoms with E-state index in [4.69, 9.17) is 4.74 Å². The molecular formula is C13H20N2O3S. The van der Waals surface area contributed by atoms with Gasteiger partial charge in [0.1, 0.15) is 0 Å². The third-order valence-corrected chi connectivity index (χ3v) is 3.79. The Morgan fingerprint density at radius 1 is 1.32 bits per heavy atom. The van der Waals surface area contributed by atoms with Gasteiger partial charge in [0.05, 0.1) is 18.1 Å². The van der Waals surface area contributed by atoms with E-state index in [1.54, 1.807) is 24.3 Å². The highest BCUT2D eigenvalue weighted by Gasteiger charge is 2.09. The van der Waals surface area contributed by atoms with Crippen LogP contribution in [-0.4, -0.2) is 35.2 Å². The third-order valence-electron chi connectivity index (χ3n) is 2.36. The predicted octanol–water partition coefficient (Wildman–Crippen LogP) is 1.60. The standard InChI is InChI=1S/C13H20N2O3S/c1-11(2)10-18-9-8-15-12-4-6-13(7-5-12)19(16,17)14-3/h4-7,14-15H,1,8-10H2,2-3H3. The van der Waals surface area contributed by atoms with Crippen molar-refractivity contribution < 1.29 is 13.2 Å². The third kappa shape index (κ3) is 5.42. The molecule has 19 heavy (non-hydrogen) atoms. The molecule has 0 bridgehead atoms. The van der Waals surface area contributed by atoms with E-state index in [1.165, 1.54) is 7.05 Å². The Balaban J connectivity index is 2.43. The van der Waals surface area contributed by atoms with Gasteiger partial charge in [-0.15, -0.1) is 0 Å². The fourth-order valence-corrected chi connectivity index (χ4v) is 2.11. The molecule has 0 spiro atoms. The van der Waals surface area contributed by atoms with Crippen LogP contribution in [-0.2, 0) is 14.8 Å². The molecule has 0 aromatic heterocycles. The van der Waals surface area contributed by atoms with Crippen LogP contribution < -0.4 is 10.0 Å². The number of nitrogens with one attached hydrogen (secondary N) is 2. The molecule has 0 aliphatic rings. The zero-order chi connectivity index (χ0) is 14.3. The summed E-state index contributed by atoms with van der Waals surface area (Å²) in [4.78, 5) is 0.249. The molecule has 0 heterocycles. The highest BCUT2D eigenvalue weighted by molar-refractivity contribution is 7.89. The summed E-state index contributed by atoms with van der Waals surface area (Å²) in [5.74, 6) is 0. The van der Waals surface area contributed by atoms with Crippen molar-refractivity contribution in [3.63, 3.8) is 0 Å². The average Bonchev–Trinajstić information content (AvgIpc) is 2.38. The Kier molecular flexibility index (Phi) is 6.01. The maximum absolute atomic E-state index is 11.5. The Labute approximate surface area is 114 Å². The van der Waals surface area contributed by atoms with Gasteiger partial charge in [-0.3, -0.25) is 0 Å². The number of hydrogen-bond donors (Lipinski definition) is 2. The topological polar surface area (TPSA) is 67.4 Å². The number of anilines is 1. The lowest BCUT2D eigenvalue weighted by molar-refractivity contribution is 0.167. The Morgan fingerprint density at radius 3 is 2.47 bits per heavy atom. The molecule has 6 heteroatoms. The molecule has 0 fully saturated rings. The van der Waals surface area contributed by atoms with Crippen molar-refractivity contribution in [3.8, 4) is 0 Å². The van der Waals surface area contributed by atoms with E-state index >= 15 is 0 Å². The second-order valence-electron chi connectivity index (χ2n) is 4.17. The Hall–Kier alpha value is -1.37. The van der Waals surface area contributed by atoms with E-state index in [9.17, 15) is 8.42 Å². The molecule has 0 unspecified atom stereocenters. The van der Waals surface area contributed by atoms with Gasteiger partial charge < -0.3 is 10.1 Å².